The van der Waals surface area contributed by atoms with E-state index in [4.69, 9.17) is 0 Å². The number of carbonyl (C=O) groups excluding carboxylic acids is 2. The fourth-order valence-corrected chi connectivity index (χ4v) is 2.17. The number of ketones is 1. The molecule has 0 aromatic carbocycles. The molecule has 0 unspecified atom stereocenters. The first-order chi connectivity index (χ1) is 7.77. The summed E-state index contributed by atoms with van der Waals surface area (Å²) in [7, 11) is 0. The zero-order valence-corrected chi connectivity index (χ0v) is 11.5. The maximum Gasteiger partial charge on any atom is 0.227 e. The Kier molecular flexibility index (Phi) is 4.12. The number of rotatable bonds is 4. The largest absolute Gasteiger partial charge is 0.318 e. The molecule has 3 heteroatoms. The highest BCUT2D eigenvalue weighted by molar-refractivity contribution is 5.98. The van der Waals surface area contributed by atoms with Crippen molar-refractivity contribution >= 4 is 11.7 Å². The number of amides is 1. The van der Waals surface area contributed by atoms with Gasteiger partial charge < -0.3 is 4.90 Å². The summed E-state index contributed by atoms with van der Waals surface area (Å²) < 4.78 is 0. The Morgan fingerprint density at radius 3 is 2.53 bits per heavy atom. The summed E-state index contributed by atoms with van der Waals surface area (Å²) in [5.74, 6) is 0.682. The fraction of sp³-hybridized carbons (Fsp3) is 0.714. The second-order valence-electron chi connectivity index (χ2n) is 5.82. The number of Topliss-reactive ketones (excluding diaryl/α,β-unsaturated/α-hetero) is 1. The summed E-state index contributed by atoms with van der Waals surface area (Å²) in [6, 6.07) is 0. The lowest BCUT2D eigenvalue weighted by Gasteiger charge is -2.36. The maximum atomic E-state index is 12.0. The SMILES string of the molecule is CCC(=O)C1=CN(CC(C)C)C(=O)CC1(C)C. The summed E-state index contributed by atoms with van der Waals surface area (Å²) in [6.45, 7) is 10.6. The summed E-state index contributed by atoms with van der Waals surface area (Å²) in [5, 5.41) is 0. The number of hydrogen-bond acceptors (Lipinski definition) is 2. The molecule has 1 aliphatic rings. The number of allylic oxidation sites excluding steroid dienone is 1. The van der Waals surface area contributed by atoms with Crippen LogP contribution in [0.15, 0.2) is 11.8 Å². The minimum absolute atomic E-state index is 0.122. The van der Waals surface area contributed by atoms with Crippen molar-refractivity contribution in [2.45, 2.75) is 47.5 Å². The van der Waals surface area contributed by atoms with Crippen LogP contribution in [0.2, 0.25) is 0 Å². The van der Waals surface area contributed by atoms with Gasteiger partial charge in [-0.15, -0.1) is 0 Å². The summed E-state index contributed by atoms with van der Waals surface area (Å²) in [6.07, 6.45) is 2.70. The van der Waals surface area contributed by atoms with Crippen molar-refractivity contribution in [3.05, 3.63) is 11.8 Å². The van der Waals surface area contributed by atoms with Crippen molar-refractivity contribution in [2.75, 3.05) is 6.54 Å². The Labute approximate surface area is 104 Å². The third-order valence-electron chi connectivity index (χ3n) is 3.11. The predicted octanol–water partition coefficient (Wildman–Crippen LogP) is 2.76. The monoisotopic (exact) mass is 237 g/mol. The highest BCUT2D eigenvalue weighted by atomic mass is 16.2. The van der Waals surface area contributed by atoms with Gasteiger partial charge in [0.25, 0.3) is 0 Å². The van der Waals surface area contributed by atoms with Crippen LogP contribution in [-0.4, -0.2) is 23.1 Å². The van der Waals surface area contributed by atoms with Crippen molar-refractivity contribution in [2.24, 2.45) is 11.3 Å². The van der Waals surface area contributed by atoms with Crippen molar-refractivity contribution in [1.82, 2.24) is 4.90 Å². The normalized spacial score (nSPS) is 19.5. The minimum atomic E-state index is -0.322. The first-order valence-electron chi connectivity index (χ1n) is 6.33. The van der Waals surface area contributed by atoms with Crippen LogP contribution in [0.5, 0.6) is 0 Å². The molecule has 0 aromatic heterocycles. The molecular formula is C14H23NO2. The Morgan fingerprint density at radius 2 is 2.06 bits per heavy atom. The van der Waals surface area contributed by atoms with Crippen LogP contribution >= 0.6 is 0 Å². The van der Waals surface area contributed by atoms with E-state index in [1.165, 1.54) is 0 Å². The molecule has 1 rings (SSSR count). The zero-order chi connectivity index (χ0) is 13.2. The van der Waals surface area contributed by atoms with Gasteiger partial charge in [0.1, 0.15) is 0 Å². The van der Waals surface area contributed by atoms with Gasteiger partial charge in [-0.25, -0.2) is 0 Å². The van der Waals surface area contributed by atoms with Gasteiger partial charge in [-0.3, -0.25) is 9.59 Å². The van der Waals surface area contributed by atoms with Crippen LogP contribution in [0.25, 0.3) is 0 Å². The number of carbonyl (C=O) groups is 2. The van der Waals surface area contributed by atoms with E-state index >= 15 is 0 Å². The Hall–Kier alpha value is -1.12. The molecule has 1 heterocycles. The lowest BCUT2D eigenvalue weighted by atomic mass is 9.76. The molecule has 3 nitrogen and oxygen atoms in total. The molecule has 0 aromatic rings. The second-order valence-corrected chi connectivity index (χ2v) is 5.82. The Bertz CT molecular complexity index is 353. The Balaban J connectivity index is 3.04. The molecule has 0 fully saturated rings. The van der Waals surface area contributed by atoms with Crippen LogP contribution in [0, 0.1) is 11.3 Å². The molecule has 0 saturated carbocycles. The molecule has 0 radical (unpaired) electrons. The van der Waals surface area contributed by atoms with Crippen LogP contribution in [0.4, 0.5) is 0 Å². The standard InChI is InChI=1S/C14H23NO2/c1-6-12(16)11-9-15(8-10(2)3)13(17)7-14(11,4)5/h9-10H,6-8H2,1-5H3. The van der Waals surface area contributed by atoms with Gasteiger partial charge >= 0.3 is 0 Å². The van der Waals surface area contributed by atoms with Gasteiger partial charge in [-0.05, 0) is 5.92 Å². The molecule has 96 valence electrons. The molecule has 0 bridgehead atoms. The quantitative estimate of drug-likeness (QED) is 0.754. The highest BCUT2D eigenvalue weighted by Gasteiger charge is 2.36. The molecular weight excluding hydrogens is 214 g/mol. The van der Waals surface area contributed by atoms with E-state index in [0.29, 0.717) is 25.3 Å². The van der Waals surface area contributed by atoms with E-state index in [1.54, 1.807) is 11.1 Å². The molecule has 0 saturated heterocycles. The topological polar surface area (TPSA) is 37.4 Å². The summed E-state index contributed by atoms with van der Waals surface area (Å²) in [4.78, 5) is 25.6. The van der Waals surface area contributed by atoms with Gasteiger partial charge in [0.2, 0.25) is 5.91 Å². The third kappa shape index (κ3) is 3.18. The lowest BCUT2D eigenvalue weighted by Crippen LogP contribution is -2.40. The highest BCUT2D eigenvalue weighted by Crippen LogP contribution is 2.36. The van der Waals surface area contributed by atoms with Crippen LogP contribution in [-0.2, 0) is 9.59 Å². The van der Waals surface area contributed by atoms with Gasteiger partial charge in [-0.2, -0.15) is 0 Å². The summed E-state index contributed by atoms with van der Waals surface area (Å²) >= 11 is 0. The molecule has 0 N–H and O–H groups in total. The van der Waals surface area contributed by atoms with Crippen molar-refractivity contribution < 1.29 is 9.59 Å². The van der Waals surface area contributed by atoms with E-state index in [9.17, 15) is 9.59 Å². The van der Waals surface area contributed by atoms with Crippen molar-refractivity contribution in [3.8, 4) is 0 Å². The van der Waals surface area contributed by atoms with Crippen LogP contribution < -0.4 is 0 Å². The van der Waals surface area contributed by atoms with Crippen LogP contribution in [0.3, 0.4) is 0 Å². The molecule has 17 heavy (non-hydrogen) atoms. The van der Waals surface area contributed by atoms with Gasteiger partial charge in [0.15, 0.2) is 5.78 Å². The van der Waals surface area contributed by atoms with E-state index in [-0.39, 0.29) is 17.1 Å². The fourth-order valence-electron chi connectivity index (χ4n) is 2.17. The molecule has 0 spiro atoms. The first-order valence-corrected chi connectivity index (χ1v) is 6.33. The first kappa shape index (κ1) is 13.9. The average Bonchev–Trinajstić information content (AvgIpc) is 2.19. The molecule has 0 atom stereocenters. The van der Waals surface area contributed by atoms with Crippen molar-refractivity contribution in [3.63, 3.8) is 0 Å². The van der Waals surface area contributed by atoms with Gasteiger partial charge in [-0.1, -0.05) is 34.6 Å². The molecule has 1 aliphatic heterocycles. The Morgan fingerprint density at radius 1 is 1.47 bits per heavy atom. The number of hydrogen-bond donors (Lipinski definition) is 0. The maximum absolute atomic E-state index is 12.0. The van der Waals surface area contributed by atoms with Crippen molar-refractivity contribution in [1.29, 1.82) is 0 Å². The van der Waals surface area contributed by atoms with E-state index in [1.807, 2.05) is 20.8 Å². The third-order valence-corrected chi connectivity index (χ3v) is 3.11. The lowest BCUT2D eigenvalue weighted by molar-refractivity contribution is -0.132. The summed E-state index contributed by atoms with van der Waals surface area (Å²) in [5.41, 5.74) is 0.470. The van der Waals surface area contributed by atoms with Gasteiger partial charge in [0.05, 0.1) is 0 Å². The minimum Gasteiger partial charge on any atom is -0.318 e. The average molecular weight is 237 g/mol. The molecule has 1 amide bonds. The van der Waals surface area contributed by atoms with Crippen LogP contribution in [0.1, 0.15) is 47.5 Å². The number of nitrogens with zero attached hydrogens (tertiary/aromatic N) is 1. The predicted molar refractivity (Wildman–Crippen MR) is 68.3 cm³/mol. The van der Waals surface area contributed by atoms with E-state index < -0.39 is 0 Å². The van der Waals surface area contributed by atoms with E-state index in [0.717, 1.165) is 5.57 Å². The molecule has 0 aliphatic carbocycles. The van der Waals surface area contributed by atoms with E-state index in [2.05, 4.69) is 13.8 Å². The smallest absolute Gasteiger partial charge is 0.227 e. The van der Waals surface area contributed by atoms with Gasteiger partial charge in [0, 0.05) is 36.6 Å². The zero-order valence-electron chi connectivity index (χ0n) is 11.5. The second kappa shape index (κ2) is 5.03.